The fourth-order valence-corrected chi connectivity index (χ4v) is 1.12. The van der Waals surface area contributed by atoms with Gasteiger partial charge in [0.05, 0.1) is 6.10 Å². The molecule has 3 N–H and O–H groups in total. The van der Waals surface area contributed by atoms with Gasteiger partial charge in [-0.05, 0) is 12.0 Å². The van der Waals surface area contributed by atoms with Crippen molar-refractivity contribution in [2.24, 2.45) is 5.73 Å². The number of carbonyl (C=O) groups is 1. The van der Waals surface area contributed by atoms with Crippen LogP contribution in [0.3, 0.4) is 0 Å². The number of hydrogen-bond acceptors (Lipinski definition) is 2. The lowest BCUT2D eigenvalue weighted by Gasteiger charge is -2.08. The summed E-state index contributed by atoms with van der Waals surface area (Å²) in [7, 11) is 0. The molecule has 1 atom stereocenters. The quantitative estimate of drug-likeness (QED) is 0.723. The first-order chi connectivity index (χ1) is 6.20. The van der Waals surface area contributed by atoms with Gasteiger partial charge in [-0.3, -0.25) is 4.79 Å². The molecular formula is C10H13NO2. The Morgan fingerprint density at radius 1 is 1.38 bits per heavy atom. The molecule has 1 amide bonds. The Kier molecular flexibility index (Phi) is 3.46. The van der Waals surface area contributed by atoms with E-state index in [1.807, 2.05) is 30.3 Å². The van der Waals surface area contributed by atoms with Gasteiger partial charge in [-0.25, -0.2) is 0 Å². The van der Waals surface area contributed by atoms with Gasteiger partial charge >= 0.3 is 0 Å². The van der Waals surface area contributed by atoms with Gasteiger partial charge in [0.2, 0.25) is 5.91 Å². The zero-order valence-corrected chi connectivity index (χ0v) is 7.31. The summed E-state index contributed by atoms with van der Waals surface area (Å²) in [6, 6.07) is 9.23. The lowest BCUT2D eigenvalue weighted by atomic mass is 10.1. The first-order valence-electron chi connectivity index (χ1n) is 4.21. The summed E-state index contributed by atoms with van der Waals surface area (Å²) in [6.45, 7) is 0. The van der Waals surface area contributed by atoms with Gasteiger partial charge in [-0.1, -0.05) is 30.3 Å². The van der Waals surface area contributed by atoms with Crippen molar-refractivity contribution < 1.29 is 9.90 Å². The molecule has 0 spiro atoms. The third-order valence-corrected chi connectivity index (χ3v) is 1.85. The molecule has 0 saturated heterocycles. The third kappa shape index (κ3) is 3.25. The second-order valence-electron chi connectivity index (χ2n) is 2.93. The van der Waals surface area contributed by atoms with Gasteiger partial charge in [0.25, 0.3) is 0 Å². The molecule has 13 heavy (non-hydrogen) atoms. The summed E-state index contributed by atoms with van der Waals surface area (Å²) < 4.78 is 0. The molecular weight excluding hydrogens is 166 g/mol. The van der Waals surface area contributed by atoms with Crippen LogP contribution in [0.25, 0.3) is 0 Å². The molecule has 1 rings (SSSR count). The van der Waals surface area contributed by atoms with Crippen LogP contribution < -0.4 is 5.73 Å². The highest BCUT2D eigenvalue weighted by Crippen LogP contribution is 2.16. The maximum Gasteiger partial charge on any atom is 0.217 e. The van der Waals surface area contributed by atoms with Crippen LogP contribution in [0.2, 0.25) is 0 Å². The normalized spacial score (nSPS) is 12.4. The van der Waals surface area contributed by atoms with E-state index in [0.29, 0.717) is 6.42 Å². The van der Waals surface area contributed by atoms with Crippen LogP contribution in [0.4, 0.5) is 0 Å². The van der Waals surface area contributed by atoms with Crippen molar-refractivity contribution in [2.45, 2.75) is 18.9 Å². The highest BCUT2D eigenvalue weighted by molar-refractivity contribution is 5.73. The number of benzene rings is 1. The van der Waals surface area contributed by atoms with E-state index in [-0.39, 0.29) is 12.3 Å². The molecule has 0 fully saturated rings. The van der Waals surface area contributed by atoms with Crippen molar-refractivity contribution in [1.29, 1.82) is 0 Å². The summed E-state index contributed by atoms with van der Waals surface area (Å²) in [5.41, 5.74) is 5.79. The van der Waals surface area contributed by atoms with E-state index in [1.54, 1.807) is 0 Å². The number of aliphatic hydroxyl groups is 1. The molecule has 1 aromatic carbocycles. The number of amides is 1. The van der Waals surface area contributed by atoms with Crippen LogP contribution in [-0.2, 0) is 4.79 Å². The zero-order valence-electron chi connectivity index (χ0n) is 7.31. The Labute approximate surface area is 77.2 Å². The number of rotatable bonds is 4. The summed E-state index contributed by atoms with van der Waals surface area (Å²) in [5.74, 6) is -0.380. The van der Waals surface area contributed by atoms with E-state index >= 15 is 0 Å². The SMILES string of the molecule is NC(=O)CC[C@H](O)c1ccccc1. The number of nitrogens with two attached hydrogens (primary N) is 1. The monoisotopic (exact) mass is 179 g/mol. The second kappa shape index (κ2) is 4.62. The maximum atomic E-state index is 10.4. The van der Waals surface area contributed by atoms with Gasteiger partial charge in [0.1, 0.15) is 0 Å². The topological polar surface area (TPSA) is 63.3 Å². The highest BCUT2D eigenvalue weighted by Gasteiger charge is 2.07. The molecule has 0 heterocycles. The third-order valence-electron chi connectivity index (χ3n) is 1.85. The van der Waals surface area contributed by atoms with Gasteiger partial charge in [-0.2, -0.15) is 0 Å². The first-order valence-corrected chi connectivity index (χ1v) is 4.21. The summed E-state index contributed by atoms with van der Waals surface area (Å²) in [5, 5.41) is 9.56. The van der Waals surface area contributed by atoms with Crippen molar-refractivity contribution in [2.75, 3.05) is 0 Å². The van der Waals surface area contributed by atoms with Gasteiger partial charge in [0.15, 0.2) is 0 Å². The van der Waals surface area contributed by atoms with Crippen LogP contribution in [0, 0.1) is 0 Å². The molecule has 0 aliphatic rings. The Hall–Kier alpha value is -1.35. The molecule has 0 aliphatic carbocycles. The fourth-order valence-electron chi connectivity index (χ4n) is 1.12. The number of hydrogen-bond donors (Lipinski definition) is 2. The lowest BCUT2D eigenvalue weighted by molar-refractivity contribution is -0.118. The number of aliphatic hydroxyl groups excluding tert-OH is 1. The molecule has 1 aromatic rings. The first kappa shape index (κ1) is 9.74. The molecule has 0 bridgehead atoms. The van der Waals surface area contributed by atoms with Crippen LogP contribution >= 0.6 is 0 Å². The van der Waals surface area contributed by atoms with E-state index in [2.05, 4.69) is 0 Å². The predicted molar refractivity (Wildman–Crippen MR) is 49.8 cm³/mol. The molecule has 3 heteroatoms. The van der Waals surface area contributed by atoms with E-state index in [9.17, 15) is 9.90 Å². The van der Waals surface area contributed by atoms with Crippen LogP contribution in [0.15, 0.2) is 30.3 Å². The summed E-state index contributed by atoms with van der Waals surface area (Å²) >= 11 is 0. The number of primary amides is 1. The van der Waals surface area contributed by atoms with Crippen molar-refractivity contribution in [3.05, 3.63) is 35.9 Å². The highest BCUT2D eigenvalue weighted by atomic mass is 16.3. The average molecular weight is 179 g/mol. The van der Waals surface area contributed by atoms with E-state index < -0.39 is 6.10 Å². The van der Waals surface area contributed by atoms with Crippen molar-refractivity contribution in [1.82, 2.24) is 0 Å². The minimum absolute atomic E-state index is 0.218. The van der Waals surface area contributed by atoms with Gasteiger partial charge < -0.3 is 10.8 Å². The Morgan fingerprint density at radius 3 is 2.54 bits per heavy atom. The van der Waals surface area contributed by atoms with Crippen LogP contribution in [-0.4, -0.2) is 11.0 Å². The molecule has 0 radical (unpaired) electrons. The predicted octanol–water partition coefficient (Wildman–Crippen LogP) is 0.986. The van der Waals surface area contributed by atoms with Crippen LogP contribution in [0.1, 0.15) is 24.5 Å². The zero-order chi connectivity index (χ0) is 9.68. The molecule has 0 aromatic heterocycles. The van der Waals surface area contributed by atoms with Gasteiger partial charge in [-0.15, -0.1) is 0 Å². The Bertz CT molecular complexity index is 272. The molecule has 70 valence electrons. The Morgan fingerprint density at radius 2 is 2.00 bits per heavy atom. The van der Waals surface area contributed by atoms with Crippen molar-refractivity contribution >= 4 is 5.91 Å². The van der Waals surface area contributed by atoms with Gasteiger partial charge in [0, 0.05) is 6.42 Å². The van der Waals surface area contributed by atoms with E-state index in [1.165, 1.54) is 0 Å². The summed E-state index contributed by atoms with van der Waals surface area (Å²) in [6.07, 6.45) is 0.0174. The van der Waals surface area contributed by atoms with E-state index in [0.717, 1.165) is 5.56 Å². The minimum Gasteiger partial charge on any atom is -0.388 e. The van der Waals surface area contributed by atoms with Crippen molar-refractivity contribution in [3.8, 4) is 0 Å². The largest absolute Gasteiger partial charge is 0.388 e. The fraction of sp³-hybridized carbons (Fsp3) is 0.300. The van der Waals surface area contributed by atoms with Crippen molar-refractivity contribution in [3.63, 3.8) is 0 Å². The molecule has 3 nitrogen and oxygen atoms in total. The molecule has 0 unspecified atom stereocenters. The molecule has 0 aliphatic heterocycles. The maximum absolute atomic E-state index is 10.4. The van der Waals surface area contributed by atoms with E-state index in [4.69, 9.17) is 5.73 Å². The lowest BCUT2D eigenvalue weighted by Crippen LogP contribution is -2.11. The van der Waals surface area contributed by atoms with Crippen LogP contribution in [0.5, 0.6) is 0 Å². The molecule has 0 saturated carbocycles. The summed E-state index contributed by atoms with van der Waals surface area (Å²) in [4.78, 5) is 10.4. The average Bonchev–Trinajstić information content (AvgIpc) is 2.15. The smallest absolute Gasteiger partial charge is 0.217 e. The second-order valence-corrected chi connectivity index (χ2v) is 2.93. The standard InChI is InChI=1S/C10H13NO2/c11-10(13)7-6-9(12)8-4-2-1-3-5-8/h1-5,9,12H,6-7H2,(H2,11,13)/t9-/m0/s1. The Balaban J connectivity index is 2.49. The number of carbonyl (C=O) groups excluding carboxylic acids is 1. The minimum atomic E-state index is -0.589.